The zero-order chi connectivity index (χ0) is 28.3. The smallest absolute Gasteiger partial charge is 0.274 e. The van der Waals surface area contributed by atoms with E-state index in [4.69, 9.17) is 23.2 Å². The summed E-state index contributed by atoms with van der Waals surface area (Å²) < 4.78 is 17.1. The van der Waals surface area contributed by atoms with Gasteiger partial charge < -0.3 is 5.32 Å². The van der Waals surface area contributed by atoms with Crippen LogP contribution in [0.25, 0.3) is 16.9 Å². The van der Waals surface area contributed by atoms with Gasteiger partial charge in [-0.1, -0.05) is 36.2 Å². The fraction of sp³-hybridized carbons (Fsp3) is 0.300. The molecule has 4 aromatic rings. The Morgan fingerprint density at radius 2 is 1.90 bits per heavy atom. The molecule has 2 aliphatic rings. The number of aromatic nitrogens is 4. The minimum absolute atomic E-state index is 0.0767. The molecule has 0 unspecified atom stereocenters. The van der Waals surface area contributed by atoms with Gasteiger partial charge in [0.25, 0.3) is 5.56 Å². The van der Waals surface area contributed by atoms with E-state index in [0.717, 1.165) is 36.0 Å². The fourth-order valence-electron chi connectivity index (χ4n) is 5.18. The first-order valence-corrected chi connectivity index (χ1v) is 13.8. The first kappa shape index (κ1) is 26.6. The number of hydrogen-bond acceptors (Lipinski definition) is 5. The highest BCUT2D eigenvalue weighted by atomic mass is 35.5. The summed E-state index contributed by atoms with van der Waals surface area (Å²) >= 11 is 12.7. The van der Waals surface area contributed by atoms with Gasteiger partial charge in [-0.15, -0.1) is 5.10 Å². The van der Waals surface area contributed by atoms with E-state index in [9.17, 15) is 9.59 Å². The van der Waals surface area contributed by atoms with E-state index in [1.807, 2.05) is 26.8 Å². The maximum atomic E-state index is 15.6. The SMILES string of the molecule is Cc1cnc(-c2cccc(NC(=O)C3(C)CC3)c2F)cc1-n1c(C)cc([C@H]2C[C@@H]2c2cnnc(Cl)c2)c(Cl)c1=O. The molecule has 204 valence electrons. The molecule has 0 spiro atoms. The van der Waals surface area contributed by atoms with Crippen LogP contribution in [0.4, 0.5) is 10.1 Å². The monoisotopic (exact) mass is 577 g/mol. The molecule has 1 amide bonds. The molecule has 0 aliphatic heterocycles. The van der Waals surface area contributed by atoms with Gasteiger partial charge in [0.2, 0.25) is 5.91 Å². The van der Waals surface area contributed by atoms with Crippen LogP contribution in [0.1, 0.15) is 60.4 Å². The van der Waals surface area contributed by atoms with Gasteiger partial charge in [-0.3, -0.25) is 19.1 Å². The van der Waals surface area contributed by atoms with E-state index in [1.165, 1.54) is 10.6 Å². The Morgan fingerprint density at radius 1 is 1.12 bits per heavy atom. The molecule has 0 radical (unpaired) electrons. The molecule has 40 heavy (non-hydrogen) atoms. The van der Waals surface area contributed by atoms with Crippen LogP contribution in [-0.2, 0) is 4.79 Å². The number of halogens is 3. The largest absolute Gasteiger partial charge is 0.323 e. The molecule has 7 nitrogen and oxygen atoms in total. The van der Waals surface area contributed by atoms with Crippen LogP contribution < -0.4 is 10.9 Å². The van der Waals surface area contributed by atoms with Gasteiger partial charge in [-0.25, -0.2) is 4.39 Å². The van der Waals surface area contributed by atoms with Crippen molar-refractivity contribution < 1.29 is 9.18 Å². The molecule has 10 heteroatoms. The third kappa shape index (κ3) is 4.69. The third-order valence-corrected chi connectivity index (χ3v) is 8.58. The second-order valence-corrected chi connectivity index (χ2v) is 11.8. The Labute approximate surface area is 240 Å². The molecule has 1 aromatic carbocycles. The molecule has 2 fully saturated rings. The van der Waals surface area contributed by atoms with E-state index in [0.29, 0.717) is 22.2 Å². The molecule has 2 atom stereocenters. The van der Waals surface area contributed by atoms with Crippen molar-refractivity contribution in [2.24, 2.45) is 5.41 Å². The van der Waals surface area contributed by atoms with Crippen molar-refractivity contribution in [3.8, 4) is 16.9 Å². The molecule has 2 saturated carbocycles. The Hall–Kier alpha value is -3.62. The van der Waals surface area contributed by atoms with Gasteiger partial charge in [0, 0.05) is 22.9 Å². The molecule has 6 rings (SSSR count). The molecule has 3 heterocycles. The Kier molecular flexibility index (Phi) is 6.50. The summed E-state index contributed by atoms with van der Waals surface area (Å²) in [5, 5.41) is 10.9. The highest BCUT2D eigenvalue weighted by molar-refractivity contribution is 6.31. The van der Waals surface area contributed by atoms with Crippen molar-refractivity contribution in [1.29, 1.82) is 0 Å². The first-order chi connectivity index (χ1) is 19.1. The van der Waals surface area contributed by atoms with Crippen LogP contribution in [0.15, 0.2) is 53.6 Å². The summed E-state index contributed by atoms with van der Waals surface area (Å²) in [5.74, 6) is -0.537. The number of aryl methyl sites for hydroxylation is 2. The predicted octanol–water partition coefficient (Wildman–Crippen LogP) is 6.76. The van der Waals surface area contributed by atoms with Crippen LogP contribution in [0.5, 0.6) is 0 Å². The minimum Gasteiger partial charge on any atom is -0.323 e. The maximum Gasteiger partial charge on any atom is 0.274 e. The number of benzene rings is 1. The topological polar surface area (TPSA) is 89.8 Å². The number of anilines is 1. The Morgan fingerprint density at radius 3 is 2.62 bits per heavy atom. The molecular weight excluding hydrogens is 552 g/mol. The number of nitrogens with zero attached hydrogens (tertiary/aromatic N) is 4. The third-order valence-electron chi connectivity index (χ3n) is 8.01. The lowest BCUT2D eigenvalue weighted by molar-refractivity contribution is -0.120. The number of amides is 1. The number of carbonyl (C=O) groups excluding carboxylic acids is 1. The number of rotatable bonds is 6. The fourth-order valence-corrected chi connectivity index (χ4v) is 5.63. The quantitative estimate of drug-likeness (QED) is 0.273. The van der Waals surface area contributed by atoms with Crippen LogP contribution in [0.3, 0.4) is 0 Å². The van der Waals surface area contributed by atoms with Gasteiger partial charge >= 0.3 is 0 Å². The summed E-state index contributed by atoms with van der Waals surface area (Å²) in [6, 6.07) is 10.2. The lowest BCUT2D eigenvalue weighted by Gasteiger charge is -2.17. The normalized spacial score (nSPS) is 18.9. The van der Waals surface area contributed by atoms with Gasteiger partial charge in [-0.2, -0.15) is 5.10 Å². The lowest BCUT2D eigenvalue weighted by atomic mass is 10.0. The zero-order valence-corrected chi connectivity index (χ0v) is 23.6. The zero-order valence-electron chi connectivity index (χ0n) is 22.1. The second-order valence-electron chi connectivity index (χ2n) is 11.0. The molecule has 2 aliphatic carbocycles. The maximum absolute atomic E-state index is 15.6. The average Bonchev–Trinajstić information content (AvgIpc) is 3.85. The summed E-state index contributed by atoms with van der Waals surface area (Å²) in [4.78, 5) is 30.6. The van der Waals surface area contributed by atoms with Gasteiger partial charge in [-0.05, 0) is 92.0 Å². The van der Waals surface area contributed by atoms with Crippen molar-refractivity contribution in [2.75, 3.05) is 5.32 Å². The van der Waals surface area contributed by atoms with Crippen molar-refractivity contribution in [3.63, 3.8) is 0 Å². The van der Waals surface area contributed by atoms with Crippen molar-refractivity contribution >= 4 is 34.8 Å². The summed E-state index contributed by atoms with van der Waals surface area (Å²) in [6.45, 7) is 5.54. The molecular formula is C30H26Cl2FN5O2. The lowest BCUT2D eigenvalue weighted by Crippen LogP contribution is -2.23. The van der Waals surface area contributed by atoms with Gasteiger partial charge in [0.1, 0.15) is 5.02 Å². The molecule has 0 bridgehead atoms. The van der Waals surface area contributed by atoms with Crippen LogP contribution in [0, 0.1) is 25.1 Å². The Balaban J connectivity index is 1.35. The van der Waals surface area contributed by atoms with Crippen molar-refractivity contribution in [3.05, 3.63) is 97.5 Å². The van der Waals surface area contributed by atoms with E-state index in [-0.39, 0.29) is 39.6 Å². The van der Waals surface area contributed by atoms with Gasteiger partial charge in [0.05, 0.1) is 23.3 Å². The van der Waals surface area contributed by atoms with Crippen LogP contribution in [0.2, 0.25) is 10.2 Å². The van der Waals surface area contributed by atoms with E-state index >= 15 is 4.39 Å². The molecule has 1 N–H and O–H groups in total. The minimum atomic E-state index is -0.578. The number of pyridine rings is 2. The standard InChI is InChI=1S/C30H26Cl2FN5O2/c1-15-13-34-23(18-5-4-6-22(27(18)33)36-29(40)30(3)7-8-30)12-24(15)38-16(2)9-21(26(32)28(38)39)20-11-19(20)17-10-25(31)37-35-14-17/h4-6,9-10,12-14,19-20H,7-8,11H2,1-3H3,(H,36,40)/t19-,20+/m1/s1. The highest BCUT2D eigenvalue weighted by Gasteiger charge is 2.45. The highest BCUT2D eigenvalue weighted by Crippen LogP contribution is 2.56. The van der Waals surface area contributed by atoms with Crippen LogP contribution >= 0.6 is 23.2 Å². The summed E-state index contributed by atoms with van der Waals surface area (Å²) in [6.07, 6.45) is 5.69. The molecule has 3 aromatic heterocycles. The average molecular weight is 578 g/mol. The van der Waals surface area contributed by atoms with Crippen LogP contribution in [-0.4, -0.2) is 25.7 Å². The first-order valence-electron chi connectivity index (χ1n) is 13.0. The molecule has 0 saturated heterocycles. The number of nitrogens with one attached hydrogen (secondary N) is 1. The number of carbonyl (C=O) groups is 1. The summed E-state index contributed by atoms with van der Waals surface area (Å²) in [7, 11) is 0. The van der Waals surface area contributed by atoms with Crippen molar-refractivity contribution in [2.45, 2.75) is 51.9 Å². The predicted molar refractivity (Wildman–Crippen MR) is 153 cm³/mol. The summed E-state index contributed by atoms with van der Waals surface area (Å²) in [5.41, 5.74) is 3.58. The van der Waals surface area contributed by atoms with E-state index < -0.39 is 11.2 Å². The second kappa shape index (κ2) is 9.78. The Bertz CT molecular complexity index is 1750. The van der Waals surface area contributed by atoms with E-state index in [1.54, 1.807) is 36.7 Å². The van der Waals surface area contributed by atoms with E-state index in [2.05, 4.69) is 20.5 Å². The van der Waals surface area contributed by atoms with Gasteiger partial charge in [0.15, 0.2) is 11.0 Å². The number of hydrogen-bond donors (Lipinski definition) is 1. The van der Waals surface area contributed by atoms with Crippen molar-refractivity contribution in [1.82, 2.24) is 19.7 Å².